The largest absolute Gasteiger partial charge is 0.491 e. The van der Waals surface area contributed by atoms with Gasteiger partial charge in [-0.05, 0) is 97.7 Å². The molecule has 1 atom stereocenters. The molecule has 0 aliphatic carbocycles. The molecule has 4 aromatic rings. The minimum absolute atomic E-state index is 0.0261. The second-order valence-electron chi connectivity index (χ2n) is 17.0. The molecule has 8 rings (SSSR count). The van der Waals surface area contributed by atoms with Gasteiger partial charge in [-0.15, -0.1) is 0 Å². The van der Waals surface area contributed by atoms with Crippen molar-refractivity contribution in [2.24, 2.45) is 5.41 Å². The van der Waals surface area contributed by atoms with Crippen molar-refractivity contribution in [3.8, 4) is 22.9 Å². The van der Waals surface area contributed by atoms with Crippen LogP contribution in [0.5, 0.6) is 11.8 Å². The van der Waals surface area contributed by atoms with Gasteiger partial charge in [0.05, 0.1) is 23.3 Å². The summed E-state index contributed by atoms with van der Waals surface area (Å²) in [5.41, 5.74) is 2.34. The minimum Gasteiger partial charge on any atom is -0.491 e. The van der Waals surface area contributed by atoms with Gasteiger partial charge in [-0.1, -0.05) is 18.5 Å². The first-order valence-electron chi connectivity index (χ1n) is 20.4. The predicted octanol–water partition coefficient (Wildman–Crippen LogP) is 8.55. The van der Waals surface area contributed by atoms with Crippen LogP contribution >= 0.6 is 11.6 Å². The molecule has 1 amide bonds. The highest BCUT2D eigenvalue weighted by molar-refractivity contribution is 6.35. The molecular formula is C42H55ClFN7O5. The van der Waals surface area contributed by atoms with Crippen molar-refractivity contribution in [3.05, 3.63) is 34.7 Å². The van der Waals surface area contributed by atoms with E-state index in [1.807, 2.05) is 38.7 Å². The molecule has 0 radical (unpaired) electrons. The van der Waals surface area contributed by atoms with Gasteiger partial charge in [0.2, 0.25) is 0 Å². The molecule has 12 nitrogen and oxygen atoms in total. The quantitative estimate of drug-likeness (QED) is 0.172. The van der Waals surface area contributed by atoms with Crippen LogP contribution in [0.3, 0.4) is 0 Å². The number of ether oxygens (including phenoxy) is 4. The molecule has 4 fully saturated rings. The molecule has 4 aliphatic rings. The minimum atomic E-state index is -0.531. The summed E-state index contributed by atoms with van der Waals surface area (Å²) in [6, 6.07) is 3.74. The van der Waals surface area contributed by atoms with E-state index in [0.717, 1.165) is 94.3 Å². The Morgan fingerprint density at radius 1 is 1.02 bits per heavy atom. The third-order valence-corrected chi connectivity index (χ3v) is 12.3. The average Bonchev–Trinajstić information content (AvgIpc) is 3.58. The van der Waals surface area contributed by atoms with Crippen molar-refractivity contribution in [2.75, 3.05) is 63.9 Å². The molecule has 6 heterocycles. The summed E-state index contributed by atoms with van der Waals surface area (Å²) in [5, 5.41) is 6.64. The van der Waals surface area contributed by atoms with E-state index in [4.69, 9.17) is 45.6 Å². The molecule has 1 spiro atoms. The molecule has 4 aliphatic heterocycles. The van der Waals surface area contributed by atoms with Gasteiger partial charge in [0.15, 0.2) is 12.0 Å². The number of halogens is 2. The zero-order valence-corrected chi connectivity index (χ0v) is 34.4. The van der Waals surface area contributed by atoms with Gasteiger partial charge in [0.25, 0.3) is 0 Å². The van der Waals surface area contributed by atoms with Crippen LogP contribution in [0.15, 0.2) is 18.3 Å². The van der Waals surface area contributed by atoms with Gasteiger partial charge in [-0.25, -0.2) is 13.9 Å². The first-order valence-corrected chi connectivity index (χ1v) is 20.8. The van der Waals surface area contributed by atoms with Crippen LogP contribution in [0.25, 0.3) is 32.9 Å². The van der Waals surface area contributed by atoms with E-state index < -0.39 is 5.60 Å². The number of hydrogen-bond acceptors (Lipinski definition) is 10. The summed E-state index contributed by atoms with van der Waals surface area (Å²) in [4.78, 5) is 29.5. The van der Waals surface area contributed by atoms with Crippen molar-refractivity contribution in [3.63, 3.8) is 0 Å². The average molecular weight is 792 g/mol. The van der Waals surface area contributed by atoms with Crippen LogP contribution in [0.2, 0.25) is 5.02 Å². The molecule has 0 N–H and O–H groups in total. The van der Waals surface area contributed by atoms with Crippen LogP contribution in [0.4, 0.5) is 15.0 Å². The predicted molar refractivity (Wildman–Crippen MR) is 215 cm³/mol. The highest BCUT2D eigenvalue weighted by Gasteiger charge is 2.48. The van der Waals surface area contributed by atoms with Gasteiger partial charge in [0, 0.05) is 79.3 Å². The van der Waals surface area contributed by atoms with Gasteiger partial charge in [-0.2, -0.15) is 15.1 Å². The Balaban J connectivity index is 1.20. The number of fused-ring (bicyclic) bond motifs is 2. The maximum atomic E-state index is 16.1. The van der Waals surface area contributed by atoms with E-state index >= 15 is 4.39 Å². The molecule has 56 heavy (non-hydrogen) atoms. The molecule has 302 valence electrons. The van der Waals surface area contributed by atoms with Gasteiger partial charge in [0.1, 0.15) is 28.9 Å². The Bertz CT molecular complexity index is 2090. The lowest BCUT2D eigenvalue weighted by atomic mass is 9.72. The Labute approximate surface area is 333 Å². The third kappa shape index (κ3) is 7.46. The normalized spacial score (nSPS) is 20.8. The summed E-state index contributed by atoms with van der Waals surface area (Å²) < 4.78 is 42.7. The maximum Gasteiger partial charge on any atom is 0.410 e. The first-order chi connectivity index (χ1) is 26.9. The van der Waals surface area contributed by atoms with Gasteiger partial charge < -0.3 is 33.6 Å². The van der Waals surface area contributed by atoms with Crippen LogP contribution in [-0.2, 0) is 9.47 Å². The molecule has 0 bridgehead atoms. The van der Waals surface area contributed by atoms with E-state index in [9.17, 15) is 4.79 Å². The Kier molecular flexibility index (Phi) is 10.7. The Hall–Kier alpha value is -3.94. The fraction of sp³-hybridized carbons (Fsp3) is 0.619. The highest BCUT2D eigenvalue weighted by atomic mass is 35.5. The van der Waals surface area contributed by atoms with Crippen molar-refractivity contribution in [1.82, 2.24) is 29.5 Å². The maximum absolute atomic E-state index is 16.1. The number of carbonyl (C=O) groups is 1. The summed E-state index contributed by atoms with van der Waals surface area (Å²) in [5.74, 6) is 0.825. The lowest BCUT2D eigenvalue weighted by Crippen LogP contribution is -2.62. The lowest BCUT2D eigenvalue weighted by Gasteiger charge is -2.53. The molecule has 2 aromatic heterocycles. The lowest BCUT2D eigenvalue weighted by molar-refractivity contribution is -0.0434. The molecule has 4 saturated heterocycles. The number of piperidine rings is 2. The Morgan fingerprint density at radius 3 is 2.43 bits per heavy atom. The summed E-state index contributed by atoms with van der Waals surface area (Å²) in [6.07, 6.45) is 7.60. The number of carbonyl (C=O) groups excluding carboxylic acids is 1. The van der Waals surface area contributed by atoms with Crippen molar-refractivity contribution in [2.45, 2.75) is 104 Å². The monoisotopic (exact) mass is 791 g/mol. The van der Waals surface area contributed by atoms with Crippen LogP contribution in [-0.4, -0.2) is 106 Å². The van der Waals surface area contributed by atoms with E-state index in [1.54, 1.807) is 23.9 Å². The second-order valence-corrected chi connectivity index (χ2v) is 17.4. The summed E-state index contributed by atoms with van der Waals surface area (Å²) in [6.45, 7) is 18.3. The van der Waals surface area contributed by atoms with Crippen LogP contribution in [0.1, 0.15) is 91.4 Å². The number of nitrogens with zero attached hydrogens (tertiary/aromatic N) is 7. The van der Waals surface area contributed by atoms with Crippen LogP contribution < -0.4 is 14.4 Å². The topological polar surface area (TPSA) is 107 Å². The number of likely N-dealkylation sites (tertiary alicyclic amines) is 2. The van der Waals surface area contributed by atoms with Gasteiger partial charge >= 0.3 is 12.1 Å². The molecule has 1 unspecified atom stereocenters. The van der Waals surface area contributed by atoms with Crippen molar-refractivity contribution < 1.29 is 28.1 Å². The fourth-order valence-corrected chi connectivity index (χ4v) is 9.22. The zero-order chi connectivity index (χ0) is 39.4. The number of amides is 1. The number of rotatable bonds is 8. The molecular weight excluding hydrogens is 737 g/mol. The third-order valence-electron chi connectivity index (χ3n) is 12.0. The number of anilines is 1. The molecule has 14 heteroatoms. The SMILES string of the molecule is CCOc1c(-c2c(C)c(F)cc3c2cnn3C2CCCCO2)c(Cl)cc2c(N3CCC4(CC3)CN(C(=O)OC(C)(C)C)C4)nc(OC3CCN(CC)CC3)nc12. The number of hydrogen-bond donors (Lipinski definition) is 0. The van der Waals surface area contributed by atoms with Gasteiger partial charge in [-0.3, -0.25) is 0 Å². The van der Waals surface area contributed by atoms with Crippen molar-refractivity contribution in [1.29, 1.82) is 0 Å². The number of benzene rings is 2. The molecule has 0 saturated carbocycles. The van der Waals surface area contributed by atoms with E-state index in [0.29, 0.717) is 70.8 Å². The first kappa shape index (κ1) is 38.9. The molecule has 2 aromatic carbocycles. The summed E-state index contributed by atoms with van der Waals surface area (Å²) >= 11 is 7.35. The fourth-order valence-electron chi connectivity index (χ4n) is 8.93. The smallest absolute Gasteiger partial charge is 0.410 e. The van der Waals surface area contributed by atoms with Crippen LogP contribution in [0, 0.1) is 18.2 Å². The van der Waals surface area contributed by atoms with Crippen molar-refractivity contribution >= 4 is 45.3 Å². The van der Waals surface area contributed by atoms with E-state index in [1.165, 1.54) is 0 Å². The highest BCUT2D eigenvalue weighted by Crippen LogP contribution is 2.49. The number of aromatic nitrogens is 4. The van der Waals surface area contributed by atoms with E-state index in [-0.39, 0.29) is 29.7 Å². The standard InChI is InChI=1S/C42H55ClFN7O5/c1-7-48-16-12-27(13-17-48)55-39-46-36-28(38(47-39)49-18-14-42(15-19-49)24-50(25-42)40(52)56-41(4,5)6)21-30(43)35(37(36)53-8-2)34-26(3)31(44)22-32-29(34)23-45-51(32)33-11-9-10-20-54-33/h21-23,27,33H,7-20,24-25H2,1-6H3. The Morgan fingerprint density at radius 2 is 1.77 bits per heavy atom. The summed E-state index contributed by atoms with van der Waals surface area (Å²) in [7, 11) is 0. The van der Waals surface area contributed by atoms with E-state index in [2.05, 4.69) is 16.7 Å². The zero-order valence-electron chi connectivity index (χ0n) is 33.6. The second kappa shape index (κ2) is 15.4.